The van der Waals surface area contributed by atoms with Gasteiger partial charge in [-0.3, -0.25) is 0 Å². The lowest BCUT2D eigenvalue weighted by Crippen LogP contribution is -2.25. The van der Waals surface area contributed by atoms with Gasteiger partial charge in [0, 0.05) is 0 Å². The molecular formula is C14H29NS. The molecular weight excluding hydrogens is 214 g/mol. The molecule has 0 spiro atoms. The van der Waals surface area contributed by atoms with E-state index in [0.717, 1.165) is 11.7 Å². The Balaban J connectivity index is 2.03. The van der Waals surface area contributed by atoms with Crippen molar-refractivity contribution in [1.29, 1.82) is 0 Å². The summed E-state index contributed by atoms with van der Waals surface area (Å²) in [5, 5.41) is 0. The van der Waals surface area contributed by atoms with E-state index >= 15 is 0 Å². The van der Waals surface area contributed by atoms with Gasteiger partial charge in [-0.1, -0.05) is 26.2 Å². The van der Waals surface area contributed by atoms with Gasteiger partial charge in [0.2, 0.25) is 0 Å². The molecule has 1 heterocycles. The van der Waals surface area contributed by atoms with Crippen LogP contribution in [0.1, 0.15) is 58.3 Å². The molecule has 0 amide bonds. The molecule has 0 bridgehead atoms. The highest BCUT2D eigenvalue weighted by atomic mass is 32.1. The van der Waals surface area contributed by atoms with Gasteiger partial charge in [-0.2, -0.15) is 12.6 Å². The Labute approximate surface area is 107 Å². The zero-order valence-electron chi connectivity index (χ0n) is 11.0. The Morgan fingerprint density at radius 1 is 1.06 bits per heavy atom. The lowest BCUT2D eigenvalue weighted by Gasteiger charge is -2.19. The van der Waals surface area contributed by atoms with E-state index < -0.39 is 0 Å². The quantitative estimate of drug-likeness (QED) is 0.523. The van der Waals surface area contributed by atoms with Crippen molar-refractivity contribution >= 4 is 12.6 Å². The molecule has 1 atom stereocenters. The van der Waals surface area contributed by atoms with Gasteiger partial charge in [-0.25, -0.2) is 0 Å². The molecule has 1 unspecified atom stereocenters. The van der Waals surface area contributed by atoms with Gasteiger partial charge in [-0.15, -0.1) is 0 Å². The van der Waals surface area contributed by atoms with Crippen LogP contribution in [0.4, 0.5) is 0 Å². The molecule has 0 saturated carbocycles. The first-order chi connectivity index (χ1) is 7.86. The van der Waals surface area contributed by atoms with Crippen molar-refractivity contribution in [2.24, 2.45) is 5.92 Å². The van der Waals surface area contributed by atoms with Crippen LogP contribution < -0.4 is 0 Å². The van der Waals surface area contributed by atoms with E-state index in [1.165, 1.54) is 71.0 Å². The van der Waals surface area contributed by atoms with Gasteiger partial charge in [0.15, 0.2) is 0 Å². The second-order valence-electron chi connectivity index (χ2n) is 5.18. The molecule has 0 N–H and O–H groups in total. The highest BCUT2D eigenvalue weighted by Crippen LogP contribution is 2.20. The standard InChI is InChI=1S/C14H29NS/c1-2-14-8-7-11-15(12-9-14)10-5-3-4-6-13-16/h14,16H,2-13H2,1H3. The Morgan fingerprint density at radius 3 is 2.62 bits per heavy atom. The van der Waals surface area contributed by atoms with Crippen LogP contribution in [-0.2, 0) is 0 Å². The zero-order valence-corrected chi connectivity index (χ0v) is 11.9. The smallest absolute Gasteiger partial charge is 0.00161 e. The van der Waals surface area contributed by atoms with E-state index in [2.05, 4.69) is 24.5 Å². The van der Waals surface area contributed by atoms with Crippen molar-refractivity contribution in [3.63, 3.8) is 0 Å². The molecule has 1 fully saturated rings. The van der Waals surface area contributed by atoms with Crippen LogP contribution >= 0.6 is 12.6 Å². The molecule has 1 saturated heterocycles. The van der Waals surface area contributed by atoms with Gasteiger partial charge in [0.05, 0.1) is 0 Å². The monoisotopic (exact) mass is 243 g/mol. The summed E-state index contributed by atoms with van der Waals surface area (Å²) in [6, 6.07) is 0. The topological polar surface area (TPSA) is 3.24 Å². The lowest BCUT2D eigenvalue weighted by atomic mass is 9.98. The summed E-state index contributed by atoms with van der Waals surface area (Å²) >= 11 is 4.25. The molecule has 96 valence electrons. The van der Waals surface area contributed by atoms with Crippen LogP contribution in [0, 0.1) is 5.92 Å². The Kier molecular flexibility index (Phi) is 8.40. The second-order valence-corrected chi connectivity index (χ2v) is 5.63. The van der Waals surface area contributed by atoms with Gasteiger partial charge >= 0.3 is 0 Å². The van der Waals surface area contributed by atoms with Gasteiger partial charge < -0.3 is 4.90 Å². The molecule has 1 aliphatic heterocycles. The maximum absolute atomic E-state index is 4.25. The predicted molar refractivity (Wildman–Crippen MR) is 76.4 cm³/mol. The van der Waals surface area contributed by atoms with Crippen LogP contribution in [0.25, 0.3) is 0 Å². The molecule has 1 nitrogen and oxygen atoms in total. The number of likely N-dealkylation sites (tertiary alicyclic amines) is 1. The van der Waals surface area contributed by atoms with Crippen molar-refractivity contribution in [3.05, 3.63) is 0 Å². The third kappa shape index (κ3) is 6.15. The molecule has 2 heteroatoms. The molecule has 1 aliphatic rings. The fraction of sp³-hybridized carbons (Fsp3) is 1.00. The molecule has 0 aromatic rings. The summed E-state index contributed by atoms with van der Waals surface area (Å²) in [4.78, 5) is 2.69. The number of unbranched alkanes of at least 4 members (excludes halogenated alkanes) is 3. The van der Waals surface area contributed by atoms with Crippen molar-refractivity contribution in [2.75, 3.05) is 25.4 Å². The molecule has 0 aromatic heterocycles. The van der Waals surface area contributed by atoms with E-state index in [0.29, 0.717) is 0 Å². The summed E-state index contributed by atoms with van der Waals surface area (Å²) < 4.78 is 0. The van der Waals surface area contributed by atoms with E-state index in [-0.39, 0.29) is 0 Å². The Hall–Kier alpha value is 0.310. The largest absolute Gasteiger partial charge is 0.303 e. The van der Waals surface area contributed by atoms with Crippen LogP contribution in [-0.4, -0.2) is 30.3 Å². The molecule has 0 aromatic carbocycles. The number of hydrogen-bond donors (Lipinski definition) is 1. The van der Waals surface area contributed by atoms with Crippen LogP contribution in [0.5, 0.6) is 0 Å². The minimum absolute atomic E-state index is 1.01. The molecule has 16 heavy (non-hydrogen) atoms. The molecule has 0 aliphatic carbocycles. The average molecular weight is 243 g/mol. The maximum atomic E-state index is 4.25. The first kappa shape index (κ1) is 14.4. The number of hydrogen-bond acceptors (Lipinski definition) is 2. The third-order valence-corrected chi connectivity index (χ3v) is 4.22. The lowest BCUT2D eigenvalue weighted by molar-refractivity contribution is 0.273. The highest BCUT2D eigenvalue weighted by molar-refractivity contribution is 7.80. The van der Waals surface area contributed by atoms with Crippen molar-refractivity contribution < 1.29 is 0 Å². The number of nitrogens with zero attached hydrogens (tertiary/aromatic N) is 1. The van der Waals surface area contributed by atoms with E-state index in [1.54, 1.807) is 0 Å². The molecule has 0 radical (unpaired) electrons. The summed E-state index contributed by atoms with van der Waals surface area (Å²) in [5.41, 5.74) is 0. The summed E-state index contributed by atoms with van der Waals surface area (Å²) in [5.74, 6) is 2.07. The minimum atomic E-state index is 1.01. The third-order valence-electron chi connectivity index (χ3n) is 3.90. The van der Waals surface area contributed by atoms with Crippen LogP contribution in [0.2, 0.25) is 0 Å². The number of thiol groups is 1. The first-order valence-corrected chi connectivity index (χ1v) is 7.83. The zero-order chi connectivity index (χ0) is 11.6. The van der Waals surface area contributed by atoms with Crippen molar-refractivity contribution in [2.45, 2.75) is 58.3 Å². The summed E-state index contributed by atoms with van der Waals surface area (Å²) in [6.07, 6.45) is 11.2. The first-order valence-electron chi connectivity index (χ1n) is 7.20. The Morgan fingerprint density at radius 2 is 1.88 bits per heavy atom. The SMILES string of the molecule is CCC1CCCN(CCCCCCS)CC1. The Bertz CT molecular complexity index is 161. The van der Waals surface area contributed by atoms with Gasteiger partial charge in [0.25, 0.3) is 0 Å². The maximum Gasteiger partial charge on any atom is -0.00161 e. The normalized spacial score (nSPS) is 23.2. The predicted octanol–water partition coefficient (Wildman–Crippen LogP) is 3.99. The van der Waals surface area contributed by atoms with Gasteiger partial charge in [-0.05, 0) is 63.4 Å². The fourth-order valence-corrected chi connectivity index (χ4v) is 2.88. The average Bonchev–Trinajstić information content (AvgIpc) is 2.54. The van der Waals surface area contributed by atoms with Gasteiger partial charge in [0.1, 0.15) is 0 Å². The van der Waals surface area contributed by atoms with Crippen LogP contribution in [0.15, 0.2) is 0 Å². The van der Waals surface area contributed by atoms with Crippen LogP contribution in [0.3, 0.4) is 0 Å². The summed E-state index contributed by atoms with van der Waals surface area (Å²) in [7, 11) is 0. The van der Waals surface area contributed by atoms with E-state index in [1.807, 2.05) is 0 Å². The highest BCUT2D eigenvalue weighted by Gasteiger charge is 2.14. The minimum Gasteiger partial charge on any atom is -0.303 e. The molecule has 1 rings (SSSR count). The summed E-state index contributed by atoms with van der Waals surface area (Å²) in [6.45, 7) is 6.38. The number of rotatable bonds is 7. The van der Waals surface area contributed by atoms with E-state index in [9.17, 15) is 0 Å². The fourth-order valence-electron chi connectivity index (χ4n) is 2.66. The van der Waals surface area contributed by atoms with Crippen molar-refractivity contribution in [1.82, 2.24) is 4.90 Å². The van der Waals surface area contributed by atoms with Crippen molar-refractivity contribution in [3.8, 4) is 0 Å². The van der Waals surface area contributed by atoms with E-state index in [4.69, 9.17) is 0 Å². The second kappa shape index (κ2) is 9.35.